The second kappa shape index (κ2) is 3.61. The fraction of sp³-hybridized carbons (Fsp3) is 0.125. The van der Waals surface area contributed by atoms with Crippen LogP contribution in [0.5, 0.6) is 5.75 Å². The first-order valence-corrected chi connectivity index (χ1v) is 3.27. The maximum absolute atomic E-state index is 9.19. The maximum Gasteiger partial charge on any atom is 0.119 e. The van der Waals surface area contributed by atoms with Crippen molar-refractivity contribution in [2.24, 2.45) is 5.16 Å². The lowest BCUT2D eigenvalue weighted by molar-refractivity contribution is 0.320. The monoisotopic (exact) mass is 151 g/mol. The number of nitrogens with zero attached hydrogens (tertiary/aromatic N) is 1. The van der Waals surface area contributed by atoms with Crippen LogP contribution < -0.4 is 0 Å². The van der Waals surface area contributed by atoms with Gasteiger partial charge in [-0.05, 0) is 11.6 Å². The van der Waals surface area contributed by atoms with E-state index in [1.165, 1.54) is 6.21 Å². The minimum absolute atomic E-state index is 0.229. The van der Waals surface area contributed by atoms with Crippen molar-refractivity contribution < 1.29 is 10.3 Å². The number of oxime groups is 1. The summed E-state index contributed by atoms with van der Waals surface area (Å²) in [6.07, 6.45) is 1.78. The Morgan fingerprint density at radius 1 is 1.36 bits per heavy atom. The smallest absolute Gasteiger partial charge is 0.119 e. The Labute approximate surface area is 64.6 Å². The number of rotatable bonds is 2. The van der Waals surface area contributed by atoms with Crippen molar-refractivity contribution in [3.8, 4) is 5.75 Å². The van der Waals surface area contributed by atoms with Crippen molar-refractivity contribution in [3.63, 3.8) is 0 Å². The number of phenolic OH excluding ortho intramolecular Hbond substituents is 1. The lowest BCUT2D eigenvalue weighted by Crippen LogP contribution is -1.85. The molecule has 0 saturated carbocycles. The van der Waals surface area contributed by atoms with Crippen LogP contribution in [0.3, 0.4) is 0 Å². The first-order chi connectivity index (χ1) is 5.34. The van der Waals surface area contributed by atoms with Crippen molar-refractivity contribution in [1.82, 2.24) is 0 Å². The molecule has 2 N–H and O–H groups in total. The van der Waals surface area contributed by atoms with E-state index in [0.717, 1.165) is 5.56 Å². The minimum Gasteiger partial charge on any atom is -0.508 e. The molecule has 3 nitrogen and oxygen atoms in total. The van der Waals surface area contributed by atoms with E-state index in [2.05, 4.69) is 5.16 Å². The quantitative estimate of drug-likeness (QED) is 0.381. The Morgan fingerprint density at radius 2 is 2.09 bits per heavy atom. The molecule has 0 bridgehead atoms. The molecular formula is C8H9NO2. The van der Waals surface area contributed by atoms with Gasteiger partial charge in [-0.3, -0.25) is 0 Å². The van der Waals surface area contributed by atoms with Crippen LogP contribution in [0.1, 0.15) is 5.56 Å². The standard InChI is InChI=1S/C8H9NO2/c10-8-4-2-1-3-7(8)5-6-9-11/h1-4,6,10-11H,5H2. The Morgan fingerprint density at radius 3 is 2.73 bits per heavy atom. The number of para-hydroxylation sites is 1. The van der Waals surface area contributed by atoms with Gasteiger partial charge in [0.25, 0.3) is 0 Å². The molecule has 0 aliphatic rings. The molecular weight excluding hydrogens is 142 g/mol. The van der Waals surface area contributed by atoms with Crippen LogP contribution in [0.2, 0.25) is 0 Å². The van der Waals surface area contributed by atoms with Gasteiger partial charge in [0.05, 0.1) is 0 Å². The third-order valence-electron chi connectivity index (χ3n) is 1.38. The summed E-state index contributed by atoms with van der Waals surface area (Å²) in [6.45, 7) is 0. The summed E-state index contributed by atoms with van der Waals surface area (Å²) < 4.78 is 0. The highest BCUT2D eigenvalue weighted by Gasteiger charge is 1.95. The number of hydrogen-bond donors (Lipinski definition) is 2. The second-order valence-corrected chi connectivity index (χ2v) is 2.13. The van der Waals surface area contributed by atoms with Crippen LogP contribution in [0, 0.1) is 0 Å². The van der Waals surface area contributed by atoms with E-state index in [-0.39, 0.29) is 5.75 Å². The van der Waals surface area contributed by atoms with Crippen molar-refractivity contribution in [2.75, 3.05) is 0 Å². The molecule has 0 aliphatic carbocycles. The molecule has 58 valence electrons. The molecule has 0 amide bonds. The van der Waals surface area contributed by atoms with Crippen molar-refractivity contribution in [3.05, 3.63) is 29.8 Å². The highest BCUT2D eigenvalue weighted by molar-refractivity contribution is 5.62. The molecule has 1 aromatic carbocycles. The van der Waals surface area contributed by atoms with Gasteiger partial charge in [0.2, 0.25) is 0 Å². The third kappa shape index (κ3) is 1.97. The zero-order valence-electron chi connectivity index (χ0n) is 5.94. The lowest BCUT2D eigenvalue weighted by Gasteiger charge is -1.97. The minimum atomic E-state index is 0.229. The number of benzene rings is 1. The van der Waals surface area contributed by atoms with Gasteiger partial charge in [0.15, 0.2) is 0 Å². The zero-order chi connectivity index (χ0) is 8.10. The molecule has 0 fully saturated rings. The van der Waals surface area contributed by atoms with Gasteiger partial charge in [0.1, 0.15) is 5.75 Å². The Kier molecular flexibility index (Phi) is 2.49. The van der Waals surface area contributed by atoms with Gasteiger partial charge in [-0.15, -0.1) is 5.16 Å². The molecule has 0 spiro atoms. The molecule has 11 heavy (non-hydrogen) atoms. The van der Waals surface area contributed by atoms with Crippen LogP contribution >= 0.6 is 0 Å². The number of phenols is 1. The van der Waals surface area contributed by atoms with Gasteiger partial charge in [-0.1, -0.05) is 18.2 Å². The summed E-state index contributed by atoms with van der Waals surface area (Å²) in [4.78, 5) is 0. The van der Waals surface area contributed by atoms with Gasteiger partial charge in [0, 0.05) is 12.6 Å². The SMILES string of the molecule is ON=CCc1ccccc1O. The van der Waals surface area contributed by atoms with Gasteiger partial charge < -0.3 is 10.3 Å². The second-order valence-electron chi connectivity index (χ2n) is 2.13. The first-order valence-electron chi connectivity index (χ1n) is 3.27. The molecule has 0 aromatic heterocycles. The Hall–Kier alpha value is -1.51. The van der Waals surface area contributed by atoms with E-state index >= 15 is 0 Å². The maximum atomic E-state index is 9.19. The average molecular weight is 151 g/mol. The molecule has 1 aromatic rings. The summed E-state index contributed by atoms with van der Waals surface area (Å²) in [5.41, 5.74) is 0.755. The molecule has 0 radical (unpaired) electrons. The summed E-state index contributed by atoms with van der Waals surface area (Å²) in [5, 5.41) is 20.1. The average Bonchev–Trinajstić information content (AvgIpc) is 2.03. The van der Waals surface area contributed by atoms with E-state index in [4.69, 9.17) is 5.21 Å². The fourth-order valence-corrected chi connectivity index (χ4v) is 0.823. The molecule has 0 saturated heterocycles. The van der Waals surface area contributed by atoms with Crippen molar-refractivity contribution in [1.29, 1.82) is 0 Å². The fourth-order valence-electron chi connectivity index (χ4n) is 0.823. The molecule has 0 heterocycles. The summed E-state index contributed by atoms with van der Waals surface area (Å²) in [6, 6.07) is 6.94. The highest BCUT2D eigenvalue weighted by atomic mass is 16.4. The molecule has 0 atom stereocenters. The topological polar surface area (TPSA) is 52.8 Å². The van der Waals surface area contributed by atoms with Crippen molar-refractivity contribution in [2.45, 2.75) is 6.42 Å². The highest BCUT2D eigenvalue weighted by Crippen LogP contribution is 2.14. The van der Waals surface area contributed by atoms with E-state index in [9.17, 15) is 5.11 Å². The van der Waals surface area contributed by atoms with Gasteiger partial charge in [-0.25, -0.2) is 0 Å². The lowest BCUT2D eigenvalue weighted by atomic mass is 10.1. The first kappa shape index (κ1) is 7.60. The summed E-state index contributed by atoms with van der Waals surface area (Å²) in [5.74, 6) is 0.229. The molecule has 0 unspecified atom stereocenters. The van der Waals surface area contributed by atoms with Gasteiger partial charge in [-0.2, -0.15) is 0 Å². The number of hydrogen-bond acceptors (Lipinski definition) is 3. The molecule has 1 rings (SSSR count). The van der Waals surface area contributed by atoms with E-state index in [1.54, 1.807) is 18.2 Å². The normalized spacial score (nSPS) is 10.5. The predicted molar refractivity (Wildman–Crippen MR) is 42.1 cm³/mol. The summed E-state index contributed by atoms with van der Waals surface area (Å²) >= 11 is 0. The van der Waals surface area contributed by atoms with Crippen molar-refractivity contribution >= 4 is 6.21 Å². The third-order valence-corrected chi connectivity index (χ3v) is 1.38. The summed E-state index contributed by atoms with van der Waals surface area (Å²) in [7, 11) is 0. The Balaban J connectivity index is 2.77. The van der Waals surface area contributed by atoms with E-state index in [1.807, 2.05) is 6.07 Å². The molecule has 0 aliphatic heterocycles. The van der Waals surface area contributed by atoms with Crippen LogP contribution in [0.15, 0.2) is 29.4 Å². The predicted octanol–water partition coefficient (Wildman–Crippen LogP) is 1.39. The largest absolute Gasteiger partial charge is 0.508 e. The van der Waals surface area contributed by atoms with Crippen LogP contribution in [0.4, 0.5) is 0 Å². The van der Waals surface area contributed by atoms with E-state index in [0.29, 0.717) is 6.42 Å². The van der Waals surface area contributed by atoms with Gasteiger partial charge >= 0.3 is 0 Å². The Bertz CT molecular complexity index is 258. The van der Waals surface area contributed by atoms with Crippen LogP contribution in [-0.4, -0.2) is 16.5 Å². The zero-order valence-corrected chi connectivity index (χ0v) is 5.94. The van der Waals surface area contributed by atoms with E-state index < -0.39 is 0 Å². The van der Waals surface area contributed by atoms with Crippen LogP contribution in [0.25, 0.3) is 0 Å². The van der Waals surface area contributed by atoms with Crippen LogP contribution in [-0.2, 0) is 6.42 Å². The number of aromatic hydroxyl groups is 1. The molecule has 3 heteroatoms.